The average molecular weight is 241 g/mol. The van der Waals surface area contributed by atoms with Crippen molar-refractivity contribution in [2.75, 3.05) is 13.2 Å². The van der Waals surface area contributed by atoms with E-state index in [0.29, 0.717) is 6.61 Å². The summed E-state index contributed by atoms with van der Waals surface area (Å²) < 4.78 is 11.1. The van der Waals surface area contributed by atoms with Crippen LogP contribution in [0.3, 0.4) is 0 Å². The van der Waals surface area contributed by atoms with Crippen LogP contribution in [0.1, 0.15) is 30.2 Å². The Labute approximate surface area is 102 Å². The zero-order valence-corrected chi connectivity index (χ0v) is 10.0. The predicted molar refractivity (Wildman–Crippen MR) is 64.6 cm³/mol. The van der Waals surface area contributed by atoms with E-state index >= 15 is 0 Å². The van der Waals surface area contributed by atoms with E-state index in [1.807, 2.05) is 30.3 Å². The summed E-state index contributed by atoms with van der Waals surface area (Å²) in [6.45, 7) is 1.32. The second kappa shape index (κ2) is 6.24. The normalized spacial score (nSPS) is 22.9. The van der Waals surface area contributed by atoms with Crippen molar-refractivity contribution in [3.8, 4) is 0 Å². The molecule has 16 heavy (non-hydrogen) atoms. The first kappa shape index (κ1) is 11.9. The summed E-state index contributed by atoms with van der Waals surface area (Å²) in [6.07, 6.45) is 3.25. The summed E-state index contributed by atoms with van der Waals surface area (Å²) in [7, 11) is 0. The minimum Gasteiger partial charge on any atom is -0.353 e. The molecule has 0 aromatic heterocycles. The number of benzene rings is 1. The molecule has 0 amide bonds. The maximum absolute atomic E-state index is 6.24. The van der Waals surface area contributed by atoms with Gasteiger partial charge in [-0.2, -0.15) is 0 Å². The molecule has 1 aromatic carbocycles. The van der Waals surface area contributed by atoms with Gasteiger partial charge in [0.2, 0.25) is 0 Å². The quantitative estimate of drug-likeness (QED) is 0.750. The highest BCUT2D eigenvalue weighted by Crippen LogP contribution is 2.22. The van der Waals surface area contributed by atoms with Gasteiger partial charge >= 0.3 is 0 Å². The van der Waals surface area contributed by atoms with Gasteiger partial charge in [0.05, 0.1) is 12.0 Å². The Balaban J connectivity index is 1.77. The van der Waals surface area contributed by atoms with E-state index in [-0.39, 0.29) is 11.7 Å². The topological polar surface area (TPSA) is 18.5 Å². The van der Waals surface area contributed by atoms with Gasteiger partial charge in [0.15, 0.2) is 6.29 Å². The van der Waals surface area contributed by atoms with E-state index in [1.165, 1.54) is 6.42 Å². The van der Waals surface area contributed by atoms with Crippen molar-refractivity contribution < 1.29 is 9.47 Å². The molecule has 2 atom stereocenters. The minimum absolute atomic E-state index is 0.0567. The average Bonchev–Trinajstić information content (AvgIpc) is 2.38. The van der Waals surface area contributed by atoms with Crippen LogP contribution in [0.4, 0.5) is 0 Å². The van der Waals surface area contributed by atoms with Crippen molar-refractivity contribution in [2.45, 2.75) is 30.9 Å². The molecule has 0 aliphatic carbocycles. The van der Waals surface area contributed by atoms with Gasteiger partial charge in [0.25, 0.3) is 0 Å². The first-order chi connectivity index (χ1) is 7.86. The van der Waals surface area contributed by atoms with Crippen LogP contribution in [0, 0.1) is 0 Å². The van der Waals surface area contributed by atoms with E-state index in [9.17, 15) is 0 Å². The van der Waals surface area contributed by atoms with Crippen molar-refractivity contribution in [2.24, 2.45) is 0 Å². The van der Waals surface area contributed by atoms with Crippen molar-refractivity contribution in [1.29, 1.82) is 0 Å². The molecule has 0 N–H and O–H groups in total. The third kappa shape index (κ3) is 3.48. The predicted octanol–water partition coefficient (Wildman–Crippen LogP) is 3.51. The van der Waals surface area contributed by atoms with Crippen LogP contribution in [0.5, 0.6) is 0 Å². The lowest BCUT2D eigenvalue weighted by atomic mass is 10.1. The zero-order valence-electron chi connectivity index (χ0n) is 9.27. The van der Waals surface area contributed by atoms with Gasteiger partial charge in [-0.1, -0.05) is 30.3 Å². The molecular weight excluding hydrogens is 224 g/mol. The molecule has 2 unspecified atom stereocenters. The van der Waals surface area contributed by atoms with E-state index < -0.39 is 0 Å². The SMILES string of the molecule is ClC(COC1CCCCO1)c1ccccc1. The first-order valence-corrected chi connectivity index (χ1v) is 6.22. The molecule has 0 saturated carbocycles. The molecule has 0 spiro atoms. The highest BCUT2D eigenvalue weighted by atomic mass is 35.5. The second-order valence-electron chi connectivity index (χ2n) is 4.01. The summed E-state index contributed by atoms with van der Waals surface area (Å²) in [5.74, 6) is 0. The Bertz CT molecular complexity index is 296. The monoisotopic (exact) mass is 240 g/mol. The Morgan fingerprint density at radius 3 is 2.81 bits per heavy atom. The molecule has 88 valence electrons. The fraction of sp³-hybridized carbons (Fsp3) is 0.538. The molecule has 1 heterocycles. The van der Waals surface area contributed by atoms with E-state index in [1.54, 1.807) is 0 Å². The zero-order chi connectivity index (χ0) is 11.2. The standard InChI is InChI=1S/C13H17ClO2/c14-12(11-6-2-1-3-7-11)10-16-13-8-4-5-9-15-13/h1-3,6-7,12-13H,4-5,8-10H2. The maximum Gasteiger partial charge on any atom is 0.157 e. The highest BCUT2D eigenvalue weighted by molar-refractivity contribution is 6.20. The molecule has 1 saturated heterocycles. The van der Waals surface area contributed by atoms with Gasteiger partial charge < -0.3 is 9.47 Å². The summed E-state index contributed by atoms with van der Waals surface area (Å²) in [4.78, 5) is 0. The van der Waals surface area contributed by atoms with Crippen molar-refractivity contribution in [1.82, 2.24) is 0 Å². The summed E-state index contributed by atoms with van der Waals surface area (Å²) in [5.41, 5.74) is 1.10. The fourth-order valence-corrected chi connectivity index (χ4v) is 2.01. The van der Waals surface area contributed by atoms with Gasteiger partial charge in [-0.3, -0.25) is 0 Å². The van der Waals surface area contributed by atoms with Crippen molar-refractivity contribution in [3.05, 3.63) is 35.9 Å². The van der Waals surface area contributed by atoms with Crippen LogP contribution in [0.25, 0.3) is 0 Å². The smallest absolute Gasteiger partial charge is 0.157 e. The Morgan fingerprint density at radius 2 is 2.12 bits per heavy atom. The van der Waals surface area contributed by atoms with Gasteiger partial charge in [0, 0.05) is 6.61 Å². The number of hydrogen-bond donors (Lipinski definition) is 0. The fourth-order valence-electron chi connectivity index (χ4n) is 1.79. The second-order valence-corrected chi connectivity index (χ2v) is 4.53. The number of alkyl halides is 1. The van der Waals surface area contributed by atoms with Crippen molar-refractivity contribution in [3.63, 3.8) is 0 Å². The molecule has 0 bridgehead atoms. The molecule has 1 aromatic rings. The van der Waals surface area contributed by atoms with E-state index in [2.05, 4.69) is 0 Å². The van der Waals surface area contributed by atoms with Crippen LogP contribution in [0.15, 0.2) is 30.3 Å². The summed E-state index contributed by atoms with van der Waals surface area (Å²) >= 11 is 6.24. The first-order valence-electron chi connectivity index (χ1n) is 5.78. The lowest BCUT2D eigenvalue weighted by molar-refractivity contribution is -0.162. The number of ether oxygens (including phenoxy) is 2. The van der Waals surface area contributed by atoms with Crippen LogP contribution in [0.2, 0.25) is 0 Å². The molecule has 1 aliphatic heterocycles. The lowest BCUT2D eigenvalue weighted by Gasteiger charge is -2.23. The third-order valence-electron chi connectivity index (χ3n) is 2.73. The molecule has 1 fully saturated rings. The Kier molecular flexibility index (Phi) is 4.64. The van der Waals surface area contributed by atoms with Crippen LogP contribution < -0.4 is 0 Å². The molecule has 0 radical (unpaired) electrons. The summed E-state index contributed by atoms with van der Waals surface area (Å²) in [6, 6.07) is 9.99. The van der Waals surface area contributed by atoms with Gasteiger partial charge in [-0.25, -0.2) is 0 Å². The number of hydrogen-bond acceptors (Lipinski definition) is 2. The molecule has 2 rings (SSSR count). The minimum atomic E-state index is -0.0910. The molecule has 3 heteroatoms. The number of halogens is 1. The molecule has 1 aliphatic rings. The molecule has 2 nitrogen and oxygen atoms in total. The van der Waals surface area contributed by atoms with Gasteiger partial charge in [0.1, 0.15) is 0 Å². The van der Waals surface area contributed by atoms with Gasteiger partial charge in [-0.15, -0.1) is 11.6 Å². The van der Waals surface area contributed by atoms with E-state index in [4.69, 9.17) is 21.1 Å². The van der Waals surface area contributed by atoms with Gasteiger partial charge in [-0.05, 0) is 24.8 Å². The van der Waals surface area contributed by atoms with Crippen LogP contribution >= 0.6 is 11.6 Å². The Hall–Kier alpha value is -0.570. The van der Waals surface area contributed by atoms with Crippen LogP contribution in [-0.2, 0) is 9.47 Å². The number of rotatable bonds is 4. The molecular formula is C13H17ClO2. The highest BCUT2D eigenvalue weighted by Gasteiger charge is 2.16. The maximum atomic E-state index is 6.24. The summed E-state index contributed by atoms with van der Waals surface area (Å²) in [5, 5.41) is -0.0910. The third-order valence-corrected chi connectivity index (χ3v) is 3.11. The van der Waals surface area contributed by atoms with Crippen LogP contribution in [-0.4, -0.2) is 19.5 Å². The lowest BCUT2D eigenvalue weighted by Crippen LogP contribution is -2.23. The largest absolute Gasteiger partial charge is 0.353 e. The van der Waals surface area contributed by atoms with Crippen molar-refractivity contribution >= 4 is 11.6 Å². The Morgan fingerprint density at radius 1 is 1.31 bits per heavy atom. The van der Waals surface area contributed by atoms with E-state index in [0.717, 1.165) is 25.0 Å².